The van der Waals surface area contributed by atoms with Crippen LogP contribution in [0.4, 0.5) is 0 Å². The van der Waals surface area contributed by atoms with E-state index in [1.54, 1.807) is 0 Å². The summed E-state index contributed by atoms with van der Waals surface area (Å²) in [5.41, 5.74) is 4.91. The minimum absolute atomic E-state index is 0.0800. The number of amides is 3. The Hall–Kier alpha value is -1.67. The maximum absolute atomic E-state index is 12.1. The van der Waals surface area contributed by atoms with Gasteiger partial charge in [0.2, 0.25) is 18.2 Å². The molecule has 3 aliphatic heterocycles. The fourth-order valence-electron chi connectivity index (χ4n) is 6.33. The Morgan fingerprint density at radius 3 is 2.19 bits per heavy atom. The lowest BCUT2D eigenvalue weighted by molar-refractivity contribution is -0.144. The number of likely N-dealkylation sites (tertiary alicyclic amines) is 2. The number of rotatable bonds is 6. The zero-order valence-electron chi connectivity index (χ0n) is 23.6. The smallest absolute Gasteiger partial charge is 0.226 e. The monoisotopic (exact) mass is 520 g/mol. The van der Waals surface area contributed by atoms with Crippen LogP contribution in [-0.2, 0) is 19.1 Å². The van der Waals surface area contributed by atoms with E-state index < -0.39 is 0 Å². The molecule has 212 valence electrons. The molecule has 2 unspecified atom stereocenters. The number of nitrogens with two attached hydrogens (primary N) is 1. The SMILES string of the molecule is CC(CC(=O)N1CCCCC1)OCC1CCCCC1.CC1(C)CC1C(=O)N1CC2(CCNC2)C1.NC=O. The average molecular weight is 521 g/mol. The fraction of sp³-hybridized carbons (Fsp3) is 0.897. The Morgan fingerprint density at radius 2 is 1.65 bits per heavy atom. The van der Waals surface area contributed by atoms with Gasteiger partial charge in [0.1, 0.15) is 0 Å². The highest BCUT2D eigenvalue weighted by molar-refractivity contribution is 5.83. The van der Waals surface area contributed by atoms with E-state index in [4.69, 9.17) is 9.53 Å². The summed E-state index contributed by atoms with van der Waals surface area (Å²) in [5, 5.41) is 3.40. The summed E-state index contributed by atoms with van der Waals surface area (Å²) in [5.74, 6) is 1.76. The molecule has 0 aromatic heterocycles. The van der Waals surface area contributed by atoms with Crippen molar-refractivity contribution in [3.8, 4) is 0 Å². The number of ether oxygens (including phenoxy) is 1. The summed E-state index contributed by atoms with van der Waals surface area (Å²) >= 11 is 0. The van der Waals surface area contributed by atoms with Gasteiger partial charge in [-0.25, -0.2) is 0 Å². The zero-order valence-corrected chi connectivity index (χ0v) is 23.6. The second-order valence-corrected chi connectivity index (χ2v) is 12.8. The molecule has 0 aromatic carbocycles. The molecule has 3 N–H and O–H groups in total. The molecule has 5 rings (SSSR count). The number of primary amides is 1. The first-order chi connectivity index (χ1) is 17.7. The summed E-state index contributed by atoms with van der Waals surface area (Å²) in [7, 11) is 0. The molecule has 3 saturated heterocycles. The molecule has 37 heavy (non-hydrogen) atoms. The quantitative estimate of drug-likeness (QED) is 0.523. The fourth-order valence-corrected chi connectivity index (χ4v) is 6.33. The van der Waals surface area contributed by atoms with Gasteiger partial charge >= 0.3 is 0 Å². The van der Waals surface area contributed by atoms with Crippen LogP contribution in [0.5, 0.6) is 0 Å². The number of hydrogen-bond acceptors (Lipinski definition) is 5. The number of hydrogen-bond donors (Lipinski definition) is 2. The van der Waals surface area contributed by atoms with Gasteiger partial charge in [0.05, 0.1) is 12.5 Å². The van der Waals surface area contributed by atoms with Crippen molar-refractivity contribution in [3.63, 3.8) is 0 Å². The number of nitrogens with one attached hydrogen (secondary N) is 1. The normalized spacial score (nSPS) is 26.6. The van der Waals surface area contributed by atoms with Crippen molar-refractivity contribution in [1.29, 1.82) is 0 Å². The lowest BCUT2D eigenvalue weighted by atomic mass is 9.79. The summed E-state index contributed by atoms with van der Waals surface area (Å²) in [4.78, 5) is 36.8. The van der Waals surface area contributed by atoms with Crippen molar-refractivity contribution >= 4 is 18.2 Å². The second kappa shape index (κ2) is 13.9. The largest absolute Gasteiger partial charge is 0.378 e. The Bertz CT molecular complexity index is 732. The first-order valence-electron chi connectivity index (χ1n) is 14.7. The van der Waals surface area contributed by atoms with Gasteiger partial charge in [-0.1, -0.05) is 33.1 Å². The Morgan fingerprint density at radius 1 is 1.05 bits per heavy atom. The highest BCUT2D eigenvalue weighted by Crippen LogP contribution is 2.53. The summed E-state index contributed by atoms with van der Waals surface area (Å²) in [6.07, 6.45) is 13.6. The molecule has 2 atom stereocenters. The minimum atomic E-state index is 0.0800. The van der Waals surface area contributed by atoms with Crippen LogP contribution in [0.2, 0.25) is 0 Å². The Kier molecular flexibility index (Phi) is 11.2. The van der Waals surface area contributed by atoms with Crippen molar-refractivity contribution in [2.24, 2.45) is 28.4 Å². The predicted octanol–water partition coefficient (Wildman–Crippen LogP) is 3.33. The minimum Gasteiger partial charge on any atom is -0.378 e. The van der Waals surface area contributed by atoms with Crippen LogP contribution >= 0.6 is 0 Å². The van der Waals surface area contributed by atoms with E-state index in [-0.39, 0.29) is 23.8 Å². The third-order valence-electron chi connectivity index (χ3n) is 9.02. The van der Waals surface area contributed by atoms with Crippen molar-refractivity contribution in [2.45, 2.75) is 97.5 Å². The van der Waals surface area contributed by atoms with Crippen LogP contribution in [0, 0.1) is 22.7 Å². The molecule has 2 aliphatic carbocycles. The van der Waals surface area contributed by atoms with E-state index in [2.05, 4.69) is 29.8 Å². The predicted molar refractivity (Wildman–Crippen MR) is 146 cm³/mol. The third-order valence-corrected chi connectivity index (χ3v) is 9.02. The van der Waals surface area contributed by atoms with Gasteiger partial charge in [-0.3, -0.25) is 14.4 Å². The van der Waals surface area contributed by atoms with E-state index in [0.29, 0.717) is 23.7 Å². The molecule has 3 amide bonds. The van der Waals surface area contributed by atoms with Crippen molar-refractivity contribution < 1.29 is 19.1 Å². The summed E-state index contributed by atoms with van der Waals surface area (Å²) in [6.45, 7) is 13.5. The van der Waals surface area contributed by atoms with Crippen molar-refractivity contribution in [2.75, 3.05) is 45.9 Å². The maximum Gasteiger partial charge on any atom is 0.226 e. The molecule has 0 aromatic rings. The molecule has 1 spiro atoms. The van der Waals surface area contributed by atoms with E-state index in [9.17, 15) is 9.59 Å². The molecule has 5 fully saturated rings. The molecule has 8 heteroatoms. The molecule has 3 heterocycles. The number of carbonyl (C=O) groups excluding carboxylic acids is 3. The average Bonchev–Trinajstić information content (AvgIpc) is 3.26. The zero-order chi connectivity index (χ0) is 26.9. The maximum atomic E-state index is 12.1. The first-order valence-corrected chi connectivity index (χ1v) is 14.7. The molecule has 0 bridgehead atoms. The van der Waals surface area contributed by atoms with Gasteiger partial charge in [0, 0.05) is 50.7 Å². The standard InChI is InChI=1S/C16H29NO2.C12H20N2O.CH3NO/c1-14(19-13-15-8-4-2-5-9-15)12-16(18)17-10-6-3-7-11-17;1-11(2)5-9(11)10(15)14-7-12(8-14)3-4-13-6-12;2-1-3/h14-15H,2-13H2,1H3;9,13H,3-8H2,1-2H3;1H,(H2,2,3). The summed E-state index contributed by atoms with van der Waals surface area (Å²) < 4.78 is 5.90. The van der Waals surface area contributed by atoms with E-state index >= 15 is 0 Å². The van der Waals surface area contributed by atoms with Crippen molar-refractivity contribution in [3.05, 3.63) is 0 Å². The lowest BCUT2D eigenvalue weighted by Gasteiger charge is -2.48. The molecular formula is C29H52N4O4. The topological polar surface area (TPSA) is 105 Å². The van der Waals surface area contributed by atoms with Crippen LogP contribution in [0.25, 0.3) is 0 Å². The van der Waals surface area contributed by atoms with Crippen LogP contribution in [0.15, 0.2) is 0 Å². The highest BCUT2D eigenvalue weighted by atomic mass is 16.5. The number of nitrogens with zero attached hydrogens (tertiary/aromatic N) is 2. The third kappa shape index (κ3) is 8.95. The number of piperidine rings is 1. The van der Waals surface area contributed by atoms with Crippen LogP contribution < -0.4 is 11.1 Å². The van der Waals surface area contributed by atoms with Gasteiger partial charge in [-0.2, -0.15) is 0 Å². The van der Waals surface area contributed by atoms with Crippen LogP contribution in [-0.4, -0.2) is 80.0 Å². The van der Waals surface area contributed by atoms with Gasteiger partial charge in [0.15, 0.2) is 0 Å². The second-order valence-electron chi connectivity index (χ2n) is 12.8. The molecular weight excluding hydrogens is 468 g/mol. The van der Waals surface area contributed by atoms with E-state index in [0.717, 1.165) is 58.2 Å². The van der Waals surface area contributed by atoms with E-state index in [1.807, 2.05) is 11.8 Å². The van der Waals surface area contributed by atoms with Crippen molar-refractivity contribution in [1.82, 2.24) is 15.1 Å². The summed E-state index contributed by atoms with van der Waals surface area (Å²) in [6, 6.07) is 0. The molecule has 5 aliphatic rings. The van der Waals surface area contributed by atoms with Gasteiger partial charge in [0.25, 0.3) is 0 Å². The molecule has 0 radical (unpaired) electrons. The van der Waals surface area contributed by atoms with Gasteiger partial charge in [-0.05, 0) is 69.7 Å². The first kappa shape index (κ1) is 29.9. The van der Waals surface area contributed by atoms with Crippen LogP contribution in [0.3, 0.4) is 0 Å². The molecule has 8 nitrogen and oxygen atoms in total. The lowest BCUT2D eigenvalue weighted by Crippen LogP contribution is -2.59. The van der Waals surface area contributed by atoms with E-state index in [1.165, 1.54) is 57.8 Å². The number of carbonyl (C=O) groups is 3. The van der Waals surface area contributed by atoms with Crippen LogP contribution in [0.1, 0.15) is 91.4 Å². The van der Waals surface area contributed by atoms with Gasteiger partial charge < -0.3 is 25.6 Å². The Balaban J connectivity index is 0.000000189. The van der Waals surface area contributed by atoms with Gasteiger partial charge in [-0.15, -0.1) is 0 Å². The highest BCUT2D eigenvalue weighted by Gasteiger charge is 2.56. The Labute approximate surface area is 224 Å². The molecule has 2 saturated carbocycles.